The lowest BCUT2D eigenvalue weighted by molar-refractivity contribution is -0.384. The van der Waals surface area contributed by atoms with Crippen molar-refractivity contribution in [2.24, 2.45) is 0 Å². The number of rotatable bonds is 6. The summed E-state index contributed by atoms with van der Waals surface area (Å²) in [6, 6.07) is 11.1. The Bertz CT molecular complexity index is 1280. The van der Waals surface area contributed by atoms with Gasteiger partial charge in [0.05, 0.1) is 21.2 Å². The topological polar surface area (TPSA) is 118 Å². The van der Waals surface area contributed by atoms with Crippen molar-refractivity contribution in [3.63, 3.8) is 0 Å². The number of halogens is 2. The van der Waals surface area contributed by atoms with Gasteiger partial charge >= 0.3 is 0 Å². The number of carbonyl (C=O) groups is 1. The van der Waals surface area contributed by atoms with Crippen LogP contribution in [0.25, 0.3) is 0 Å². The van der Waals surface area contributed by atoms with E-state index in [1.54, 1.807) is 6.92 Å². The Labute approximate surface area is 175 Å². The summed E-state index contributed by atoms with van der Waals surface area (Å²) in [7, 11) is -4.27. The molecule has 0 saturated heterocycles. The maximum Gasteiger partial charge on any atom is 0.271 e. The minimum absolute atomic E-state index is 0.0247. The fraction of sp³-hybridized carbons (Fsp3) is 0.0500. The second kappa shape index (κ2) is 8.48. The number of benzene rings is 3. The largest absolute Gasteiger partial charge is 0.319 e. The van der Waals surface area contributed by atoms with E-state index in [1.807, 2.05) is 0 Å². The Hall–Kier alpha value is -3.86. The first kappa shape index (κ1) is 21.8. The number of nitro groups is 1. The van der Waals surface area contributed by atoms with Gasteiger partial charge in [0.15, 0.2) is 0 Å². The Morgan fingerprint density at radius 2 is 1.65 bits per heavy atom. The number of amides is 1. The first-order valence-corrected chi connectivity index (χ1v) is 10.2. The average molecular weight is 447 g/mol. The lowest BCUT2D eigenvalue weighted by atomic mass is 10.2. The van der Waals surface area contributed by atoms with E-state index in [9.17, 15) is 32.1 Å². The molecule has 0 aliphatic rings. The van der Waals surface area contributed by atoms with Crippen molar-refractivity contribution in [1.29, 1.82) is 0 Å². The van der Waals surface area contributed by atoms with Gasteiger partial charge in [-0.25, -0.2) is 17.2 Å². The van der Waals surface area contributed by atoms with Crippen LogP contribution in [0.15, 0.2) is 65.6 Å². The smallest absolute Gasteiger partial charge is 0.271 e. The molecule has 160 valence electrons. The molecule has 3 aromatic carbocycles. The second-order valence-corrected chi connectivity index (χ2v) is 8.15. The minimum atomic E-state index is -4.27. The highest BCUT2D eigenvalue weighted by Gasteiger charge is 2.20. The van der Waals surface area contributed by atoms with Gasteiger partial charge in [0.1, 0.15) is 11.6 Å². The van der Waals surface area contributed by atoms with E-state index < -0.39 is 37.4 Å². The molecule has 0 aromatic heterocycles. The molecular weight excluding hydrogens is 432 g/mol. The van der Waals surface area contributed by atoms with E-state index in [0.717, 1.165) is 30.3 Å². The third-order valence-electron chi connectivity index (χ3n) is 4.28. The van der Waals surface area contributed by atoms with Gasteiger partial charge in [-0.05, 0) is 55.0 Å². The molecule has 0 saturated carbocycles. The van der Waals surface area contributed by atoms with E-state index in [-0.39, 0.29) is 22.6 Å². The van der Waals surface area contributed by atoms with Gasteiger partial charge in [-0.2, -0.15) is 0 Å². The zero-order valence-electron chi connectivity index (χ0n) is 15.9. The van der Waals surface area contributed by atoms with Crippen LogP contribution in [0.3, 0.4) is 0 Å². The van der Waals surface area contributed by atoms with Gasteiger partial charge in [-0.3, -0.25) is 19.6 Å². The fourth-order valence-corrected chi connectivity index (χ4v) is 3.73. The summed E-state index contributed by atoms with van der Waals surface area (Å²) in [4.78, 5) is 21.9. The van der Waals surface area contributed by atoms with E-state index >= 15 is 0 Å². The molecule has 3 rings (SSSR count). The molecule has 0 aliphatic carbocycles. The summed E-state index contributed by atoms with van der Waals surface area (Å²) in [5, 5.41) is 13.2. The van der Waals surface area contributed by atoms with Crippen LogP contribution in [0.4, 0.5) is 25.8 Å². The van der Waals surface area contributed by atoms with Crippen molar-refractivity contribution in [3.05, 3.63) is 93.5 Å². The van der Waals surface area contributed by atoms with Crippen LogP contribution in [0, 0.1) is 28.7 Å². The highest BCUT2D eigenvalue weighted by molar-refractivity contribution is 7.92. The Morgan fingerprint density at radius 3 is 2.26 bits per heavy atom. The summed E-state index contributed by atoms with van der Waals surface area (Å²) in [5.74, 6) is -2.27. The summed E-state index contributed by atoms with van der Waals surface area (Å²) in [6.45, 7) is 1.55. The molecule has 3 aromatic rings. The molecule has 0 heterocycles. The zero-order valence-corrected chi connectivity index (χ0v) is 16.7. The van der Waals surface area contributed by atoms with Crippen LogP contribution < -0.4 is 10.0 Å². The molecule has 2 N–H and O–H groups in total. The van der Waals surface area contributed by atoms with E-state index in [0.29, 0.717) is 11.6 Å². The lowest BCUT2D eigenvalue weighted by Gasteiger charge is -2.12. The summed E-state index contributed by atoms with van der Waals surface area (Å²) < 4.78 is 54.8. The maximum absolute atomic E-state index is 14.5. The highest BCUT2D eigenvalue weighted by atomic mass is 32.2. The SMILES string of the molecule is Cc1ccc([N+](=O)[O-])cc1NS(=O)(=O)c1ccc(NC(=O)c2ccc(F)cc2)c(F)c1. The molecule has 11 heteroatoms. The monoisotopic (exact) mass is 447 g/mol. The molecule has 0 bridgehead atoms. The van der Waals surface area contributed by atoms with Gasteiger partial charge in [-0.1, -0.05) is 6.07 Å². The van der Waals surface area contributed by atoms with Crippen LogP contribution in [0.2, 0.25) is 0 Å². The minimum Gasteiger partial charge on any atom is -0.319 e. The number of carbonyl (C=O) groups excluding carboxylic acids is 1. The number of aryl methyl sites for hydroxylation is 1. The number of nitro benzene ring substituents is 1. The third kappa shape index (κ3) is 5.01. The molecule has 0 fully saturated rings. The van der Waals surface area contributed by atoms with Gasteiger partial charge in [0, 0.05) is 17.7 Å². The number of anilines is 2. The Balaban J connectivity index is 1.83. The van der Waals surface area contributed by atoms with Gasteiger partial charge in [-0.15, -0.1) is 0 Å². The number of nitrogens with zero attached hydrogens (tertiary/aromatic N) is 1. The van der Waals surface area contributed by atoms with Crippen molar-refractivity contribution < 1.29 is 26.9 Å². The third-order valence-corrected chi connectivity index (χ3v) is 5.64. The molecule has 31 heavy (non-hydrogen) atoms. The predicted molar refractivity (Wildman–Crippen MR) is 109 cm³/mol. The van der Waals surface area contributed by atoms with Crippen molar-refractivity contribution in [2.45, 2.75) is 11.8 Å². The fourth-order valence-electron chi connectivity index (χ4n) is 2.60. The van der Waals surface area contributed by atoms with Gasteiger partial charge < -0.3 is 5.32 Å². The number of non-ortho nitro benzene ring substituents is 1. The predicted octanol–water partition coefficient (Wildman–Crippen LogP) is 4.23. The van der Waals surface area contributed by atoms with Crippen molar-refractivity contribution in [3.8, 4) is 0 Å². The number of hydrogen-bond acceptors (Lipinski definition) is 5. The van der Waals surface area contributed by atoms with Crippen molar-refractivity contribution in [2.75, 3.05) is 10.0 Å². The maximum atomic E-state index is 14.5. The average Bonchev–Trinajstić information content (AvgIpc) is 2.71. The first-order chi connectivity index (χ1) is 14.6. The van der Waals surface area contributed by atoms with E-state index in [1.165, 1.54) is 24.3 Å². The Kier molecular flexibility index (Phi) is 5.97. The van der Waals surface area contributed by atoms with Crippen LogP contribution >= 0.6 is 0 Å². The van der Waals surface area contributed by atoms with Crippen LogP contribution in [0.1, 0.15) is 15.9 Å². The van der Waals surface area contributed by atoms with Crippen LogP contribution in [-0.4, -0.2) is 19.2 Å². The van der Waals surface area contributed by atoms with Crippen LogP contribution in [-0.2, 0) is 10.0 Å². The molecule has 0 spiro atoms. The van der Waals surface area contributed by atoms with Crippen molar-refractivity contribution in [1.82, 2.24) is 0 Å². The molecule has 0 aliphatic heterocycles. The molecule has 0 radical (unpaired) electrons. The summed E-state index contributed by atoms with van der Waals surface area (Å²) in [6.07, 6.45) is 0. The first-order valence-electron chi connectivity index (χ1n) is 8.71. The molecule has 0 atom stereocenters. The van der Waals surface area contributed by atoms with Crippen molar-refractivity contribution >= 4 is 33.0 Å². The normalized spacial score (nSPS) is 11.1. The lowest BCUT2D eigenvalue weighted by Crippen LogP contribution is -2.16. The van der Waals surface area contributed by atoms with Crippen LogP contribution in [0.5, 0.6) is 0 Å². The molecule has 0 unspecified atom stereocenters. The standard InChI is InChI=1S/C20H15F2N3O5S/c1-12-2-7-15(25(27)28)10-19(12)24-31(29,30)16-8-9-18(17(22)11-16)23-20(26)13-3-5-14(21)6-4-13/h2-11,24H,1H3,(H,23,26). The molecule has 8 nitrogen and oxygen atoms in total. The second-order valence-electron chi connectivity index (χ2n) is 6.46. The van der Waals surface area contributed by atoms with Gasteiger partial charge in [0.2, 0.25) is 0 Å². The highest BCUT2D eigenvalue weighted by Crippen LogP contribution is 2.26. The number of hydrogen-bond donors (Lipinski definition) is 2. The van der Waals surface area contributed by atoms with Gasteiger partial charge in [0.25, 0.3) is 21.6 Å². The van der Waals surface area contributed by atoms with E-state index in [2.05, 4.69) is 10.0 Å². The summed E-state index contributed by atoms with van der Waals surface area (Å²) in [5.41, 5.74) is -0.102. The quantitative estimate of drug-likeness (QED) is 0.433. The molecule has 1 amide bonds. The number of nitrogens with one attached hydrogen (secondary N) is 2. The zero-order chi connectivity index (χ0) is 22.8. The summed E-state index contributed by atoms with van der Waals surface area (Å²) >= 11 is 0. The Morgan fingerprint density at radius 1 is 0.968 bits per heavy atom. The van der Waals surface area contributed by atoms with E-state index in [4.69, 9.17) is 0 Å². The molecular formula is C20H15F2N3O5S. The number of sulfonamides is 1.